The number of nitrogen functional groups attached to an aromatic ring is 2. The second-order valence-corrected chi connectivity index (χ2v) is 11.5. The van der Waals surface area contributed by atoms with Crippen molar-refractivity contribution in [2.75, 3.05) is 31.8 Å². The number of unbranched alkanes of at least 4 members (excludes halogenated alkanes) is 12. The Hall–Kier alpha value is -3.16. The molecule has 0 saturated carbocycles. The van der Waals surface area contributed by atoms with Gasteiger partial charge in [-0.3, -0.25) is 0 Å². The number of carbonyl (C=O) groups excluding carboxylic acids is 2. The Morgan fingerprint density at radius 3 is 1.58 bits per heavy atom. The Kier molecular flexibility index (Phi) is 16.1. The van der Waals surface area contributed by atoms with Crippen molar-refractivity contribution in [2.24, 2.45) is 0 Å². The zero-order valence-corrected chi connectivity index (χ0v) is 27.7. The van der Waals surface area contributed by atoms with Crippen molar-refractivity contribution in [3.63, 3.8) is 0 Å². The molecule has 5 N–H and O–H groups in total. The van der Waals surface area contributed by atoms with Gasteiger partial charge in [-0.15, -0.1) is 0 Å². The van der Waals surface area contributed by atoms with Crippen LogP contribution in [0.2, 0.25) is 0 Å². The van der Waals surface area contributed by atoms with Crippen molar-refractivity contribution >= 4 is 23.3 Å². The largest absolute Gasteiger partial charge is 0.494 e. The van der Waals surface area contributed by atoms with E-state index in [1.54, 1.807) is 40.9 Å². The van der Waals surface area contributed by atoms with Crippen LogP contribution < -0.4 is 21.5 Å². The minimum absolute atomic E-state index is 0.196. The van der Waals surface area contributed by atoms with E-state index in [2.05, 4.69) is 12.2 Å². The summed E-state index contributed by atoms with van der Waals surface area (Å²) in [4.78, 5) is 26.8. The molecule has 242 valence electrons. The van der Waals surface area contributed by atoms with Crippen molar-refractivity contribution in [1.82, 2.24) is 5.32 Å². The summed E-state index contributed by atoms with van der Waals surface area (Å²) in [7, 11) is 1.54. The Morgan fingerprint density at radius 1 is 0.721 bits per heavy atom. The molecule has 0 saturated heterocycles. The van der Waals surface area contributed by atoms with E-state index in [0.717, 1.165) is 24.8 Å². The molecule has 43 heavy (non-hydrogen) atoms. The number of nitrogens with one attached hydrogen (secondary N) is 1. The number of dihydropyridines is 1. The molecule has 0 spiro atoms. The Bertz CT molecular complexity index is 1080. The zero-order chi connectivity index (χ0) is 31.8. The van der Waals surface area contributed by atoms with Crippen molar-refractivity contribution in [2.45, 2.75) is 130 Å². The Labute approximate surface area is 260 Å². The summed E-state index contributed by atoms with van der Waals surface area (Å²) in [6, 6.07) is 1.71. The standard InChI is InChI=1S/C35H57N3O5/c1-7-10-11-12-13-14-15-16-17-18-19-20-21-22-26-27(36)23-28(37)33(41-6)31(26)32-29(34(39)42-8-2)24(4)38-25(5)30(32)35(40)43-9-3/h23,32,38H,7-22,36-37H2,1-6H3. The molecule has 1 heterocycles. The van der Waals surface area contributed by atoms with E-state index in [1.807, 2.05) is 0 Å². The highest BCUT2D eigenvalue weighted by molar-refractivity contribution is 6.00. The summed E-state index contributed by atoms with van der Waals surface area (Å²) >= 11 is 0. The first-order chi connectivity index (χ1) is 20.7. The van der Waals surface area contributed by atoms with Crippen LogP contribution >= 0.6 is 0 Å². The average molecular weight is 600 g/mol. The van der Waals surface area contributed by atoms with E-state index in [1.165, 1.54) is 64.2 Å². The number of anilines is 2. The summed E-state index contributed by atoms with van der Waals surface area (Å²) in [5, 5.41) is 3.19. The maximum atomic E-state index is 13.4. The van der Waals surface area contributed by atoms with Crippen LogP contribution in [0.5, 0.6) is 5.75 Å². The molecule has 0 amide bonds. The van der Waals surface area contributed by atoms with Crippen molar-refractivity contribution in [1.29, 1.82) is 0 Å². The summed E-state index contributed by atoms with van der Waals surface area (Å²) in [6.07, 6.45) is 17.1. The van der Waals surface area contributed by atoms with E-state index < -0.39 is 17.9 Å². The topological polar surface area (TPSA) is 126 Å². The van der Waals surface area contributed by atoms with Gasteiger partial charge in [0.15, 0.2) is 0 Å². The highest BCUT2D eigenvalue weighted by Crippen LogP contribution is 2.48. The van der Waals surface area contributed by atoms with Crippen molar-refractivity contribution in [3.8, 4) is 5.75 Å². The summed E-state index contributed by atoms with van der Waals surface area (Å²) < 4.78 is 16.8. The smallest absolute Gasteiger partial charge is 0.336 e. The molecule has 1 aliphatic heterocycles. The number of ether oxygens (including phenoxy) is 3. The molecule has 0 radical (unpaired) electrons. The van der Waals surface area contributed by atoms with Gasteiger partial charge in [0.2, 0.25) is 0 Å². The maximum absolute atomic E-state index is 13.4. The number of nitrogens with two attached hydrogens (primary N) is 2. The summed E-state index contributed by atoms with van der Waals surface area (Å²) in [5.41, 5.74) is 17.2. The maximum Gasteiger partial charge on any atom is 0.336 e. The molecule has 0 atom stereocenters. The second kappa shape index (κ2) is 19.2. The lowest BCUT2D eigenvalue weighted by molar-refractivity contribution is -0.139. The molecular weight excluding hydrogens is 542 g/mol. The molecule has 0 unspecified atom stereocenters. The van der Waals surface area contributed by atoms with E-state index in [-0.39, 0.29) is 13.2 Å². The summed E-state index contributed by atoms with van der Waals surface area (Å²) in [5.74, 6) is -1.42. The molecule has 8 nitrogen and oxygen atoms in total. The first-order valence-corrected chi connectivity index (χ1v) is 16.5. The van der Waals surface area contributed by atoms with Gasteiger partial charge in [0, 0.05) is 22.6 Å². The van der Waals surface area contributed by atoms with E-state index in [9.17, 15) is 9.59 Å². The van der Waals surface area contributed by atoms with Crippen LogP contribution in [0.1, 0.15) is 135 Å². The predicted molar refractivity (Wildman–Crippen MR) is 176 cm³/mol. The molecule has 1 aliphatic rings. The zero-order valence-electron chi connectivity index (χ0n) is 27.7. The molecule has 0 bridgehead atoms. The number of hydrogen-bond donors (Lipinski definition) is 3. The van der Waals surface area contributed by atoms with Crippen LogP contribution in [0.3, 0.4) is 0 Å². The normalized spacial score (nSPS) is 13.7. The molecule has 0 fully saturated rings. The fourth-order valence-electron chi connectivity index (χ4n) is 6.14. The van der Waals surface area contributed by atoms with Gasteiger partial charge < -0.3 is 31.0 Å². The number of hydrogen-bond acceptors (Lipinski definition) is 8. The number of benzene rings is 1. The molecule has 0 aromatic heterocycles. The minimum Gasteiger partial charge on any atom is -0.494 e. The molecular formula is C35H57N3O5. The van der Waals surface area contributed by atoms with Gasteiger partial charge in [-0.25, -0.2) is 9.59 Å². The molecule has 1 aromatic carbocycles. The van der Waals surface area contributed by atoms with E-state index in [0.29, 0.717) is 51.6 Å². The number of rotatable bonds is 20. The van der Waals surface area contributed by atoms with Crippen LogP contribution in [-0.4, -0.2) is 32.3 Å². The van der Waals surface area contributed by atoms with Crippen LogP contribution in [0.4, 0.5) is 11.4 Å². The van der Waals surface area contributed by atoms with Gasteiger partial charge in [-0.05, 0) is 52.2 Å². The van der Waals surface area contributed by atoms with Crippen LogP contribution in [0, 0.1) is 0 Å². The Balaban J connectivity index is 2.27. The number of carbonyl (C=O) groups is 2. The van der Waals surface area contributed by atoms with Gasteiger partial charge in [0.1, 0.15) is 5.75 Å². The second-order valence-electron chi connectivity index (χ2n) is 11.5. The molecule has 1 aromatic rings. The number of allylic oxidation sites excluding steroid dienone is 2. The highest BCUT2D eigenvalue weighted by Gasteiger charge is 2.41. The average Bonchev–Trinajstić information content (AvgIpc) is 2.95. The van der Waals surface area contributed by atoms with E-state index in [4.69, 9.17) is 25.7 Å². The van der Waals surface area contributed by atoms with Crippen LogP contribution in [-0.2, 0) is 25.5 Å². The third-order valence-electron chi connectivity index (χ3n) is 8.27. The van der Waals surface area contributed by atoms with Gasteiger partial charge in [-0.1, -0.05) is 84.0 Å². The fourth-order valence-corrected chi connectivity index (χ4v) is 6.14. The molecule has 8 heteroatoms. The van der Waals surface area contributed by atoms with Crippen LogP contribution in [0.25, 0.3) is 0 Å². The fraction of sp³-hybridized carbons (Fsp3) is 0.657. The predicted octanol–water partition coefficient (Wildman–Crippen LogP) is 7.85. The number of esters is 2. The first kappa shape index (κ1) is 36.0. The lowest BCUT2D eigenvalue weighted by Crippen LogP contribution is -2.33. The SMILES string of the molecule is CCCCCCCCCCCCCCCc1c(N)cc(N)c(OC)c1C1C(C(=O)OCC)=C(C)NC(C)=C1C(=O)OCC. The molecule has 2 rings (SSSR count). The van der Waals surface area contributed by atoms with Gasteiger partial charge in [0.05, 0.1) is 43.1 Å². The number of methoxy groups -OCH3 is 1. The third-order valence-corrected chi connectivity index (χ3v) is 8.27. The minimum atomic E-state index is -0.808. The highest BCUT2D eigenvalue weighted by atomic mass is 16.5. The monoisotopic (exact) mass is 599 g/mol. The lowest BCUT2D eigenvalue weighted by atomic mass is 9.76. The first-order valence-electron chi connectivity index (χ1n) is 16.5. The Morgan fingerprint density at radius 2 is 1.16 bits per heavy atom. The van der Waals surface area contributed by atoms with Gasteiger partial charge >= 0.3 is 11.9 Å². The summed E-state index contributed by atoms with van der Waals surface area (Å²) in [6.45, 7) is 9.77. The van der Waals surface area contributed by atoms with Gasteiger partial charge in [0.25, 0.3) is 0 Å². The van der Waals surface area contributed by atoms with Crippen molar-refractivity contribution < 1.29 is 23.8 Å². The van der Waals surface area contributed by atoms with Crippen LogP contribution in [0.15, 0.2) is 28.6 Å². The lowest BCUT2D eigenvalue weighted by Gasteiger charge is -2.33. The van der Waals surface area contributed by atoms with Gasteiger partial charge in [-0.2, -0.15) is 0 Å². The molecule has 0 aliphatic carbocycles. The van der Waals surface area contributed by atoms with Crippen molar-refractivity contribution in [3.05, 3.63) is 39.7 Å². The third kappa shape index (κ3) is 10.2. The quantitative estimate of drug-likeness (QED) is 0.0786. The van der Waals surface area contributed by atoms with E-state index >= 15 is 0 Å².